The average Bonchev–Trinajstić information content (AvgIpc) is 3.04. The third kappa shape index (κ3) is 5.91. The van der Waals surface area contributed by atoms with Crippen LogP contribution in [0.5, 0.6) is 0 Å². The number of primary amides is 1. The van der Waals surface area contributed by atoms with Crippen molar-refractivity contribution in [1.29, 1.82) is 0 Å². The van der Waals surface area contributed by atoms with Gasteiger partial charge in [-0.15, -0.1) is 0 Å². The fraction of sp³-hybridized carbons (Fsp3) is 0.259. The molecule has 0 saturated carbocycles. The summed E-state index contributed by atoms with van der Waals surface area (Å²) in [6.07, 6.45) is 7.35. The fourth-order valence-electron chi connectivity index (χ4n) is 4.19. The Balaban J connectivity index is 0.000000201. The fourth-order valence-corrected chi connectivity index (χ4v) is 4.19. The lowest BCUT2D eigenvalue weighted by atomic mass is 10.0. The predicted octanol–water partition coefficient (Wildman–Crippen LogP) is 4.36. The van der Waals surface area contributed by atoms with Gasteiger partial charge < -0.3 is 10.8 Å². The second-order valence-electron chi connectivity index (χ2n) is 8.60. The Morgan fingerprint density at radius 2 is 1.69 bits per heavy atom. The van der Waals surface area contributed by atoms with Gasteiger partial charge in [0.15, 0.2) is 0 Å². The van der Waals surface area contributed by atoms with E-state index in [0.717, 1.165) is 42.5 Å². The average molecular weight is 471 g/mol. The monoisotopic (exact) mass is 470 g/mol. The molecule has 2 amide bonds. The number of para-hydroxylation sites is 1. The number of benzene rings is 2. The number of hydrogen-bond acceptors (Lipinski definition) is 5. The van der Waals surface area contributed by atoms with Crippen molar-refractivity contribution in [2.45, 2.75) is 45.6 Å². The molecule has 4 N–H and O–H groups in total. The van der Waals surface area contributed by atoms with Crippen molar-refractivity contribution in [1.82, 2.24) is 19.7 Å². The van der Waals surface area contributed by atoms with E-state index >= 15 is 0 Å². The zero-order valence-corrected chi connectivity index (χ0v) is 20.0. The standard InChI is InChI=1S/C16H16N6O.C11H14O/c1-10-14(12-8-18-11(2)19-9-12)21-22(15(10)20-16(17)23)13-6-4-3-5-7-13;12-11-7-3-6-9-4-1-2-5-10(9)8-11/h3-9H,1-2H3,(H3,17,20,23);1-2,4-5,11-12H,3,6-8H2. The van der Waals surface area contributed by atoms with Gasteiger partial charge in [0.05, 0.1) is 11.8 Å². The Morgan fingerprint density at radius 3 is 2.37 bits per heavy atom. The van der Waals surface area contributed by atoms with Crippen LogP contribution in [0.1, 0.15) is 35.4 Å². The van der Waals surface area contributed by atoms with Crippen LogP contribution in [0.25, 0.3) is 16.9 Å². The molecule has 1 aliphatic rings. The zero-order chi connectivity index (χ0) is 24.8. The number of aliphatic hydroxyl groups is 1. The molecular formula is C27H30N6O2. The molecule has 0 bridgehead atoms. The molecule has 1 unspecified atom stereocenters. The lowest BCUT2D eigenvalue weighted by molar-refractivity contribution is 0.165. The molecule has 5 rings (SSSR count). The molecule has 2 aromatic heterocycles. The van der Waals surface area contributed by atoms with Crippen molar-refractivity contribution in [3.63, 3.8) is 0 Å². The number of amides is 2. The maximum absolute atomic E-state index is 11.3. The molecule has 2 aromatic carbocycles. The second-order valence-corrected chi connectivity index (χ2v) is 8.60. The maximum atomic E-state index is 11.3. The molecule has 0 radical (unpaired) electrons. The van der Waals surface area contributed by atoms with Gasteiger partial charge >= 0.3 is 6.03 Å². The molecule has 0 aliphatic heterocycles. The highest BCUT2D eigenvalue weighted by atomic mass is 16.3. The molecule has 0 saturated heterocycles. The first-order chi connectivity index (χ1) is 16.9. The summed E-state index contributed by atoms with van der Waals surface area (Å²) in [4.78, 5) is 19.7. The van der Waals surface area contributed by atoms with Crippen molar-refractivity contribution >= 4 is 11.8 Å². The van der Waals surface area contributed by atoms with Gasteiger partial charge in [-0.1, -0.05) is 42.5 Å². The highest BCUT2D eigenvalue weighted by molar-refractivity contribution is 5.89. The van der Waals surface area contributed by atoms with Crippen molar-refractivity contribution in [2.75, 3.05) is 5.32 Å². The van der Waals surface area contributed by atoms with Gasteiger partial charge in [-0.05, 0) is 62.8 Å². The highest BCUT2D eigenvalue weighted by Gasteiger charge is 2.18. The van der Waals surface area contributed by atoms with Crippen molar-refractivity contribution in [3.8, 4) is 16.9 Å². The van der Waals surface area contributed by atoms with Crippen molar-refractivity contribution < 1.29 is 9.90 Å². The molecule has 8 nitrogen and oxygen atoms in total. The van der Waals surface area contributed by atoms with Crippen molar-refractivity contribution in [3.05, 3.63) is 89.5 Å². The van der Waals surface area contributed by atoms with Gasteiger partial charge in [-0.2, -0.15) is 5.10 Å². The van der Waals surface area contributed by atoms with E-state index in [-0.39, 0.29) is 6.10 Å². The van der Waals surface area contributed by atoms with E-state index in [4.69, 9.17) is 5.73 Å². The van der Waals surface area contributed by atoms with Gasteiger partial charge in [0, 0.05) is 23.5 Å². The first-order valence-corrected chi connectivity index (χ1v) is 11.7. The van der Waals surface area contributed by atoms with Gasteiger partial charge in [0.2, 0.25) is 0 Å². The molecule has 180 valence electrons. The molecule has 4 aromatic rings. The largest absolute Gasteiger partial charge is 0.393 e. The predicted molar refractivity (Wildman–Crippen MR) is 136 cm³/mol. The number of carbonyl (C=O) groups excluding carboxylic acids is 1. The van der Waals surface area contributed by atoms with Crippen LogP contribution >= 0.6 is 0 Å². The number of carbonyl (C=O) groups is 1. The smallest absolute Gasteiger partial charge is 0.317 e. The number of nitrogens with two attached hydrogens (primary N) is 1. The summed E-state index contributed by atoms with van der Waals surface area (Å²) in [7, 11) is 0. The van der Waals surface area contributed by atoms with E-state index in [1.54, 1.807) is 17.1 Å². The summed E-state index contributed by atoms with van der Waals surface area (Å²) in [5, 5.41) is 16.8. The highest BCUT2D eigenvalue weighted by Crippen LogP contribution is 2.29. The quantitative estimate of drug-likeness (QED) is 0.384. The summed E-state index contributed by atoms with van der Waals surface area (Å²) < 4.78 is 1.65. The normalized spacial score (nSPS) is 14.8. The van der Waals surface area contributed by atoms with Crippen LogP contribution in [0, 0.1) is 13.8 Å². The number of aryl methyl sites for hydroxylation is 2. The molecule has 1 atom stereocenters. The molecule has 2 heterocycles. The molecule has 1 aliphatic carbocycles. The summed E-state index contributed by atoms with van der Waals surface area (Å²) in [6, 6.07) is 17.3. The third-order valence-electron chi connectivity index (χ3n) is 5.98. The van der Waals surface area contributed by atoms with E-state index in [2.05, 4.69) is 44.6 Å². The topological polar surface area (TPSA) is 119 Å². The van der Waals surface area contributed by atoms with Crippen LogP contribution in [0.4, 0.5) is 10.6 Å². The molecule has 0 fully saturated rings. The van der Waals surface area contributed by atoms with Gasteiger partial charge in [0.1, 0.15) is 17.3 Å². The first kappa shape index (κ1) is 24.1. The van der Waals surface area contributed by atoms with Crippen LogP contribution in [0.3, 0.4) is 0 Å². The van der Waals surface area contributed by atoms with E-state index in [1.165, 1.54) is 11.1 Å². The minimum Gasteiger partial charge on any atom is -0.393 e. The molecule has 8 heteroatoms. The number of hydrogen-bond donors (Lipinski definition) is 3. The van der Waals surface area contributed by atoms with Gasteiger partial charge in [0.25, 0.3) is 0 Å². The van der Waals surface area contributed by atoms with Crippen LogP contribution in [0.2, 0.25) is 0 Å². The van der Waals surface area contributed by atoms with E-state index < -0.39 is 6.03 Å². The number of nitrogens with one attached hydrogen (secondary N) is 1. The number of fused-ring (bicyclic) bond motifs is 1. The Bertz CT molecular complexity index is 1290. The van der Waals surface area contributed by atoms with E-state index in [1.807, 2.05) is 44.2 Å². The number of rotatable bonds is 3. The van der Waals surface area contributed by atoms with Crippen LogP contribution in [0.15, 0.2) is 67.0 Å². The van der Waals surface area contributed by atoms with Crippen molar-refractivity contribution in [2.24, 2.45) is 5.73 Å². The maximum Gasteiger partial charge on any atom is 0.317 e. The van der Waals surface area contributed by atoms with Crippen LogP contribution in [-0.2, 0) is 12.8 Å². The Kier molecular flexibility index (Phi) is 7.52. The minimum atomic E-state index is -0.642. The first-order valence-electron chi connectivity index (χ1n) is 11.7. The summed E-state index contributed by atoms with van der Waals surface area (Å²) in [5.41, 5.74) is 11.1. The lowest BCUT2D eigenvalue weighted by Gasteiger charge is -2.07. The SMILES string of the molecule is Cc1ncc(-c2nn(-c3ccccc3)c(NC(N)=O)c2C)cn1.OC1CCCc2ccccc2C1. The molecule has 0 spiro atoms. The number of aliphatic hydroxyl groups excluding tert-OH is 1. The van der Waals surface area contributed by atoms with E-state index in [9.17, 15) is 9.90 Å². The third-order valence-corrected chi connectivity index (χ3v) is 5.98. The number of anilines is 1. The minimum absolute atomic E-state index is 0.117. The molecular weight excluding hydrogens is 440 g/mol. The Labute approximate surface area is 204 Å². The van der Waals surface area contributed by atoms with E-state index in [0.29, 0.717) is 17.3 Å². The van der Waals surface area contributed by atoms with Gasteiger partial charge in [-0.25, -0.2) is 19.4 Å². The summed E-state index contributed by atoms with van der Waals surface area (Å²) in [6.45, 7) is 3.69. The van der Waals surface area contributed by atoms with Crippen LogP contribution in [-0.4, -0.2) is 37.0 Å². The zero-order valence-electron chi connectivity index (χ0n) is 20.0. The Hall–Kier alpha value is -4.04. The summed E-state index contributed by atoms with van der Waals surface area (Å²) in [5.74, 6) is 1.21. The number of nitrogens with zero attached hydrogens (tertiary/aromatic N) is 4. The second kappa shape index (κ2) is 10.9. The van der Waals surface area contributed by atoms with Crippen LogP contribution < -0.4 is 11.1 Å². The lowest BCUT2D eigenvalue weighted by Crippen LogP contribution is -2.21. The van der Waals surface area contributed by atoms with Gasteiger partial charge in [-0.3, -0.25) is 5.32 Å². The number of aromatic nitrogens is 4. The number of urea groups is 1. The molecule has 35 heavy (non-hydrogen) atoms. The summed E-state index contributed by atoms with van der Waals surface area (Å²) >= 11 is 0. The Morgan fingerprint density at radius 1 is 1.03 bits per heavy atom.